The van der Waals surface area contributed by atoms with E-state index >= 15 is 0 Å². The second-order valence-corrected chi connectivity index (χ2v) is 5.68. The summed E-state index contributed by atoms with van der Waals surface area (Å²) in [5, 5.41) is 7.37. The highest BCUT2D eigenvalue weighted by atomic mass is 35.5. The molecular weight excluding hydrogens is 304 g/mol. The summed E-state index contributed by atoms with van der Waals surface area (Å²) >= 11 is 6.01. The fourth-order valence-electron chi connectivity index (χ4n) is 2.65. The Bertz CT molecular complexity index is 639. The normalized spacial score (nSPS) is 18.3. The van der Waals surface area contributed by atoms with E-state index in [0.717, 1.165) is 19.4 Å². The first-order valence-corrected chi connectivity index (χ1v) is 7.53. The molecule has 1 fully saturated rings. The van der Waals surface area contributed by atoms with Gasteiger partial charge in [0.2, 0.25) is 5.95 Å². The number of anilines is 1. The summed E-state index contributed by atoms with van der Waals surface area (Å²) in [4.78, 5) is 23.0. The number of aryl methyl sites for hydroxylation is 1. The minimum Gasteiger partial charge on any atom is -0.346 e. The molecule has 1 N–H and O–H groups in total. The number of nitrogens with zero attached hydrogens (tertiary/aromatic N) is 5. The van der Waals surface area contributed by atoms with E-state index in [1.54, 1.807) is 25.5 Å². The molecule has 1 atom stereocenters. The van der Waals surface area contributed by atoms with Crippen molar-refractivity contribution in [2.24, 2.45) is 7.05 Å². The number of piperidine rings is 1. The molecule has 0 saturated carbocycles. The lowest BCUT2D eigenvalue weighted by Crippen LogP contribution is -2.48. The van der Waals surface area contributed by atoms with Crippen molar-refractivity contribution in [1.29, 1.82) is 0 Å². The molecule has 2 aromatic rings. The molecule has 1 amide bonds. The van der Waals surface area contributed by atoms with Gasteiger partial charge in [-0.1, -0.05) is 11.6 Å². The molecule has 0 spiro atoms. The minimum absolute atomic E-state index is 0.0380. The van der Waals surface area contributed by atoms with Gasteiger partial charge in [0.1, 0.15) is 5.69 Å². The zero-order valence-electron chi connectivity index (χ0n) is 12.2. The number of hydrogen-bond donors (Lipinski definition) is 1. The highest BCUT2D eigenvalue weighted by molar-refractivity contribution is 6.33. The van der Waals surface area contributed by atoms with Crippen LogP contribution in [-0.4, -0.2) is 44.8 Å². The van der Waals surface area contributed by atoms with Crippen LogP contribution in [0, 0.1) is 0 Å². The number of carbonyl (C=O) groups is 1. The van der Waals surface area contributed by atoms with E-state index in [1.807, 2.05) is 0 Å². The third-order valence-electron chi connectivity index (χ3n) is 3.70. The monoisotopic (exact) mass is 320 g/mol. The first-order valence-electron chi connectivity index (χ1n) is 7.15. The fraction of sp³-hybridized carbons (Fsp3) is 0.429. The van der Waals surface area contributed by atoms with Crippen molar-refractivity contribution in [1.82, 2.24) is 25.1 Å². The molecule has 0 bridgehead atoms. The summed E-state index contributed by atoms with van der Waals surface area (Å²) in [7, 11) is 1.70. The van der Waals surface area contributed by atoms with Gasteiger partial charge in [-0.05, 0) is 18.9 Å². The smallest absolute Gasteiger partial charge is 0.271 e. The van der Waals surface area contributed by atoms with E-state index in [-0.39, 0.29) is 11.9 Å². The molecule has 1 unspecified atom stereocenters. The minimum atomic E-state index is -0.203. The lowest BCUT2D eigenvalue weighted by Gasteiger charge is -2.33. The van der Waals surface area contributed by atoms with Crippen LogP contribution in [0.1, 0.15) is 23.3 Å². The highest BCUT2D eigenvalue weighted by Crippen LogP contribution is 2.17. The van der Waals surface area contributed by atoms with Crippen LogP contribution < -0.4 is 10.2 Å². The summed E-state index contributed by atoms with van der Waals surface area (Å²) in [6.45, 7) is 1.58. The molecule has 1 saturated heterocycles. The fourth-order valence-corrected chi connectivity index (χ4v) is 2.90. The molecule has 3 heterocycles. The second kappa shape index (κ2) is 6.31. The van der Waals surface area contributed by atoms with Gasteiger partial charge in [-0.2, -0.15) is 5.10 Å². The molecule has 116 valence electrons. The summed E-state index contributed by atoms with van der Waals surface area (Å²) in [5.41, 5.74) is 0.384. The predicted molar refractivity (Wildman–Crippen MR) is 83.0 cm³/mol. The van der Waals surface area contributed by atoms with Gasteiger partial charge in [-0.25, -0.2) is 9.97 Å². The van der Waals surface area contributed by atoms with Crippen LogP contribution in [0.4, 0.5) is 5.95 Å². The SMILES string of the molecule is Cn1ncc(Cl)c1C(=O)NC1CCCN(c2ncccn2)C1. The van der Waals surface area contributed by atoms with Gasteiger partial charge in [-0.15, -0.1) is 0 Å². The lowest BCUT2D eigenvalue weighted by molar-refractivity contribution is 0.0923. The zero-order chi connectivity index (χ0) is 15.5. The Morgan fingerprint density at radius 1 is 1.41 bits per heavy atom. The maximum Gasteiger partial charge on any atom is 0.271 e. The average Bonchev–Trinajstić information content (AvgIpc) is 2.87. The summed E-state index contributed by atoms with van der Waals surface area (Å²) in [6, 6.07) is 1.83. The second-order valence-electron chi connectivity index (χ2n) is 5.27. The van der Waals surface area contributed by atoms with E-state index < -0.39 is 0 Å². The quantitative estimate of drug-likeness (QED) is 0.921. The van der Waals surface area contributed by atoms with Gasteiger partial charge in [0.05, 0.1) is 11.2 Å². The molecule has 22 heavy (non-hydrogen) atoms. The number of rotatable bonds is 3. The average molecular weight is 321 g/mol. The standard InChI is InChI=1S/C14H17ClN6O/c1-20-12(11(15)8-18-20)13(22)19-10-4-2-7-21(9-10)14-16-5-3-6-17-14/h3,5-6,8,10H,2,4,7,9H2,1H3,(H,19,22). The van der Waals surface area contributed by atoms with Crippen LogP contribution in [0.5, 0.6) is 0 Å². The van der Waals surface area contributed by atoms with Crippen molar-refractivity contribution in [3.05, 3.63) is 35.4 Å². The first-order chi connectivity index (χ1) is 10.6. The van der Waals surface area contributed by atoms with Crippen molar-refractivity contribution in [2.45, 2.75) is 18.9 Å². The Hall–Kier alpha value is -2.15. The molecule has 2 aromatic heterocycles. The highest BCUT2D eigenvalue weighted by Gasteiger charge is 2.25. The van der Waals surface area contributed by atoms with E-state index in [4.69, 9.17) is 11.6 Å². The summed E-state index contributed by atoms with van der Waals surface area (Å²) in [6.07, 6.45) is 6.81. The van der Waals surface area contributed by atoms with Gasteiger partial charge >= 0.3 is 0 Å². The van der Waals surface area contributed by atoms with Crippen LogP contribution in [0.25, 0.3) is 0 Å². The van der Waals surface area contributed by atoms with Crippen LogP contribution >= 0.6 is 11.6 Å². The molecule has 1 aliphatic heterocycles. The number of amides is 1. The number of aromatic nitrogens is 4. The topological polar surface area (TPSA) is 75.9 Å². The van der Waals surface area contributed by atoms with Crippen LogP contribution in [-0.2, 0) is 7.05 Å². The third kappa shape index (κ3) is 3.04. The Morgan fingerprint density at radius 3 is 2.86 bits per heavy atom. The van der Waals surface area contributed by atoms with Crippen molar-refractivity contribution < 1.29 is 4.79 Å². The van der Waals surface area contributed by atoms with Crippen molar-refractivity contribution in [3.8, 4) is 0 Å². The third-order valence-corrected chi connectivity index (χ3v) is 3.98. The summed E-state index contributed by atoms with van der Waals surface area (Å²) in [5.74, 6) is 0.492. The van der Waals surface area contributed by atoms with Crippen molar-refractivity contribution >= 4 is 23.5 Å². The van der Waals surface area contributed by atoms with Crippen LogP contribution in [0.3, 0.4) is 0 Å². The number of hydrogen-bond acceptors (Lipinski definition) is 5. The van der Waals surface area contributed by atoms with E-state index in [9.17, 15) is 4.79 Å². The van der Waals surface area contributed by atoms with E-state index in [1.165, 1.54) is 10.9 Å². The maximum absolute atomic E-state index is 12.4. The zero-order valence-corrected chi connectivity index (χ0v) is 13.0. The van der Waals surface area contributed by atoms with Crippen molar-refractivity contribution in [3.63, 3.8) is 0 Å². The van der Waals surface area contributed by atoms with E-state index in [2.05, 4.69) is 25.3 Å². The predicted octanol–water partition coefficient (Wildman–Crippen LogP) is 1.26. The number of carbonyl (C=O) groups excluding carboxylic acids is 1. The number of halogens is 1. The number of nitrogens with one attached hydrogen (secondary N) is 1. The van der Waals surface area contributed by atoms with Gasteiger partial charge in [0.25, 0.3) is 5.91 Å². The van der Waals surface area contributed by atoms with Crippen LogP contribution in [0.2, 0.25) is 5.02 Å². The Balaban J connectivity index is 1.67. The molecule has 7 nitrogen and oxygen atoms in total. The summed E-state index contributed by atoms with van der Waals surface area (Å²) < 4.78 is 1.48. The van der Waals surface area contributed by atoms with Gasteiger partial charge in [0, 0.05) is 38.6 Å². The van der Waals surface area contributed by atoms with E-state index in [0.29, 0.717) is 23.2 Å². The molecule has 1 aliphatic rings. The molecule has 8 heteroatoms. The van der Waals surface area contributed by atoms with Crippen molar-refractivity contribution in [2.75, 3.05) is 18.0 Å². The molecule has 0 radical (unpaired) electrons. The molecule has 0 aliphatic carbocycles. The molecule has 3 rings (SSSR count). The Morgan fingerprint density at radius 2 is 2.18 bits per heavy atom. The molecule has 0 aromatic carbocycles. The maximum atomic E-state index is 12.4. The first kappa shape index (κ1) is 14.8. The van der Waals surface area contributed by atoms with Gasteiger partial charge in [0.15, 0.2) is 0 Å². The largest absolute Gasteiger partial charge is 0.346 e. The van der Waals surface area contributed by atoms with Crippen LogP contribution in [0.15, 0.2) is 24.7 Å². The lowest BCUT2D eigenvalue weighted by atomic mass is 10.1. The van der Waals surface area contributed by atoms with Gasteiger partial charge < -0.3 is 10.2 Å². The van der Waals surface area contributed by atoms with Gasteiger partial charge in [-0.3, -0.25) is 9.48 Å². The Kier molecular flexibility index (Phi) is 4.24. The molecular formula is C14H17ClN6O. The Labute approximate surface area is 133 Å².